The van der Waals surface area contributed by atoms with Gasteiger partial charge >= 0.3 is 0 Å². The number of hydrogen-bond donors (Lipinski definition) is 2. The highest BCUT2D eigenvalue weighted by Gasteiger charge is 2.11. The zero-order valence-electron chi connectivity index (χ0n) is 13.6. The predicted molar refractivity (Wildman–Crippen MR) is 98.8 cm³/mol. The molecule has 0 amide bonds. The molecule has 0 unspecified atom stereocenters. The molecule has 4 nitrogen and oxygen atoms in total. The molecule has 0 heterocycles. The van der Waals surface area contributed by atoms with E-state index in [0.29, 0.717) is 33.9 Å². The van der Waals surface area contributed by atoms with Crippen molar-refractivity contribution in [2.75, 3.05) is 19.5 Å². The first kappa shape index (κ1) is 18.3. The maximum absolute atomic E-state index is 13.3. The fourth-order valence-corrected chi connectivity index (χ4v) is 2.54. The first-order chi connectivity index (χ1) is 11.4. The van der Waals surface area contributed by atoms with Crippen LogP contribution in [-0.2, 0) is 6.54 Å². The number of rotatable bonds is 5. The van der Waals surface area contributed by atoms with Gasteiger partial charge < -0.3 is 20.1 Å². The first-order valence-corrected chi connectivity index (χ1v) is 7.94. The second-order valence-corrected chi connectivity index (χ2v) is 5.88. The summed E-state index contributed by atoms with van der Waals surface area (Å²) in [5.74, 6) is 0.760. The molecule has 0 saturated heterocycles. The molecule has 0 aromatic heterocycles. The molecule has 2 N–H and O–H groups in total. The van der Waals surface area contributed by atoms with Crippen LogP contribution < -0.4 is 20.1 Å². The van der Waals surface area contributed by atoms with E-state index in [4.69, 9.17) is 33.3 Å². The summed E-state index contributed by atoms with van der Waals surface area (Å²) in [6.45, 7) is 2.32. The minimum atomic E-state index is -0.277. The normalized spacial score (nSPS) is 10.2. The van der Waals surface area contributed by atoms with Crippen molar-refractivity contribution < 1.29 is 13.9 Å². The summed E-state index contributed by atoms with van der Waals surface area (Å²) in [6.07, 6.45) is 0. The Morgan fingerprint density at radius 1 is 1.17 bits per heavy atom. The molecule has 24 heavy (non-hydrogen) atoms. The van der Waals surface area contributed by atoms with E-state index < -0.39 is 0 Å². The molecule has 0 atom stereocenters. The number of nitrogens with one attached hydrogen (secondary N) is 2. The molecule has 0 spiro atoms. The lowest BCUT2D eigenvalue weighted by Gasteiger charge is -2.16. The molecular weight excluding hydrogens is 351 g/mol. The minimum Gasteiger partial charge on any atom is -0.495 e. The Balaban J connectivity index is 2.08. The summed E-state index contributed by atoms with van der Waals surface area (Å²) in [5, 5.41) is 6.89. The van der Waals surface area contributed by atoms with E-state index in [1.807, 2.05) is 6.92 Å². The standard InChI is InChI=1S/C17H18ClFN2O2S/c1-10-4-5-12(19)6-11(10)9-20-17(24)21-14-8-15(22-2)13(18)7-16(14)23-3/h4-8H,9H2,1-3H3,(H2,20,21,24). The molecule has 128 valence electrons. The van der Waals surface area contributed by atoms with Crippen molar-refractivity contribution >= 4 is 34.6 Å². The van der Waals surface area contributed by atoms with E-state index in [9.17, 15) is 4.39 Å². The van der Waals surface area contributed by atoms with Crippen LogP contribution >= 0.6 is 23.8 Å². The second kappa shape index (κ2) is 8.17. The van der Waals surface area contributed by atoms with Crippen LogP contribution in [0.15, 0.2) is 30.3 Å². The third kappa shape index (κ3) is 4.49. The van der Waals surface area contributed by atoms with Crippen molar-refractivity contribution in [1.82, 2.24) is 5.32 Å². The van der Waals surface area contributed by atoms with Gasteiger partial charge in [-0.25, -0.2) is 4.39 Å². The number of benzene rings is 2. The number of thiocarbonyl (C=S) groups is 1. The van der Waals surface area contributed by atoms with Crippen molar-refractivity contribution in [2.45, 2.75) is 13.5 Å². The van der Waals surface area contributed by atoms with E-state index in [1.165, 1.54) is 26.4 Å². The number of hydrogen-bond acceptors (Lipinski definition) is 3. The Labute approximate surface area is 150 Å². The highest BCUT2D eigenvalue weighted by molar-refractivity contribution is 7.80. The lowest BCUT2D eigenvalue weighted by Crippen LogP contribution is -2.28. The first-order valence-electron chi connectivity index (χ1n) is 7.16. The molecule has 2 rings (SSSR count). The fourth-order valence-electron chi connectivity index (χ4n) is 2.13. The molecule has 0 bridgehead atoms. The van der Waals surface area contributed by atoms with Crippen LogP contribution in [0.25, 0.3) is 0 Å². The van der Waals surface area contributed by atoms with Crippen LogP contribution in [0.3, 0.4) is 0 Å². The third-order valence-electron chi connectivity index (χ3n) is 3.47. The Morgan fingerprint density at radius 2 is 1.88 bits per heavy atom. The molecule has 0 aliphatic carbocycles. The fraction of sp³-hybridized carbons (Fsp3) is 0.235. The SMILES string of the molecule is COc1cc(NC(=S)NCc2cc(F)ccc2C)c(OC)cc1Cl. The van der Waals surface area contributed by atoms with Crippen LogP contribution in [0.1, 0.15) is 11.1 Å². The third-order valence-corrected chi connectivity index (χ3v) is 4.01. The minimum absolute atomic E-state index is 0.277. The number of aryl methyl sites for hydroxylation is 1. The number of ether oxygens (including phenoxy) is 2. The Kier molecular flexibility index (Phi) is 6.23. The van der Waals surface area contributed by atoms with E-state index in [2.05, 4.69) is 10.6 Å². The van der Waals surface area contributed by atoms with Crippen LogP contribution in [0.5, 0.6) is 11.5 Å². The van der Waals surface area contributed by atoms with Crippen LogP contribution in [0, 0.1) is 12.7 Å². The molecule has 7 heteroatoms. The summed E-state index contributed by atoms with van der Waals surface area (Å²) in [4.78, 5) is 0. The van der Waals surface area contributed by atoms with Crippen molar-refractivity contribution in [2.24, 2.45) is 0 Å². The van der Waals surface area contributed by atoms with Crippen molar-refractivity contribution in [3.63, 3.8) is 0 Å². The summed E-state index contributed by atoms with van der Waals surface area (Å²) < 4.78 is 23.8. The zero-order valence-corrected chi connectivity index (χ0v) is 15.1. The Hall–Kier alpha value is -2.05. The quantitative estimate of drug-likeness (QED) is 0.770. The van der Waals surface area contributed by atoms with Gasteiger partial charge in [-0.05, 0) is 42.4 Å². The van der Waals surface area contributed by atoms with E-state index >= 15 is 0 Å². The van der Waals surface area contributed by atoms with Gasteiger partial charge in [0.1, 0.15) is 17.3 Å². The monoisotopic (exact) mass is 368 g/mol. The number of methoxy groups -OCH3 is 2. The van der Waals surface area contributed by atoms with Gasteiger partial charge in [-0.15, -0.1) is 0 Å². The van der Waals surface area contributed by atoms with E-state index in [1.54, 1.807) is 18.2 Å². The van der Waals surface area contributed by atoms with Gasteiger partial charge in [0, 0.05) is 18.7 Å². The molecule has 2 aromatic rings. The van der Waals surface area contributed by atoms with Gasteiger partial charge in [0.25, 0.3) is 0 Å². The smallest absolute Gasteiger partial charge is 0.171 e. The van der Waals surface area contributed by atoms with Crippen molar-refractivity contribution in [3.8, 4) is 11.5 Å². The van der Waals surface area contributed by atoms with Gasteiger partial charge in [-0.1, -0.05) is 17.7 Å². The molecule has 2 aromatic carbocycles. The van der Waals surface area contributed by atoms with Crippen molar-refractivity contribution in [1.29, 1.82) is 0 Å². The van der Waals surface area contributed by atoms with Gasteiger partial charge in [0.2, 0.25) is 0 Å². The van der Waals surface area contributed by atoms with E-state index in [-0.39, 0.29) is 5.82 Å². The number of halogens is 2. The highest BCUT2D eigenvalue weighted by atomic mass is 35.5. The largest absolute Gasteiger partial charge is 0.495 e. The average molecular weight is 369 g/mol. The summed E-state index contributed by atoms with van der Waals surface area (Å²) in [6, 6.07) is 7.98. The molecule has 0 radical (unpaired) electrons. The predicted octanol–water partition coefficient (Wildman–Crippen LogP) is 4.29. The van der Waals surface area contributed by atoms with Gasteiger partial charge in [0.05, 0.1) is 24.9 Å². The average Bonchev–Trinajstić information content (AvgIpc) is 2.56. The molecule has 0 aliphatic rings. The van der Waals surface area contributed by atoms with Gasteiger partial charge in [-0.2, -0.15) is 0 Å². The topological polar surface area (TPSA) is 42.5 Å². The van der Waals surface area contributed by atoms with Crippen molar-refractivity contribution in [3.05, 3.63) is 52.3 Å². The Morgan fingerprint density at radius 3 is 2.54 bits per heavy atom. The van der Waals surface area contributed by atoms with Crippen LogP contribution in [0.4, 0.5) is 10.1 Å². The van der Waals surface area contributed by atoms with Gasteiger partial charge in [-0.3, -0.25) is 0 Å². The zero-order chi connectivity index (χ0) is 17.7. The summed E-state index contributed by atoms with van der Waals surface area (Å²) >= 11 is 11.4. The summed E-state index contributed by atoms with van der Waals surface area (Å²) in [5.41, 5.74) is 2.43. The van der Waals surface area contributed by atoms with Crippen LogP contribution in [-0.4, -0.2) is 19.3 Å². The maximum atomic E-state index is 13.3. The van der Waals surface area contributed by atoms with Gasteiger partial charge in [0.15, 0.2) is 5.11 Å². The number of anilines is 1. The highest BCUT2D eigenvalue weighted by Crippen LogP contribution is 2.35. The molecular formula is C17H18ClFN2O2S. The lowest BCUT2D eigenvalue weighted by molar-refractivity contribution is 0.405. The van der Waals surface area contributed by atoms with E-state index in [0.717, 1.165) is 11.1 Å². The maximum Gasteiger partial charge on any atom is 0.171 e. The molecule has 0 aliphatic heterocycles. The second-order valence-electron chi connectivity index (χ2n) is 5.07. The molecule has 0 saturated carbocycles. The summed E-state index contributed by atoms with van der Waals surface area (Å²) in [7, 11) is 3.07. The molecule has 0 fully saturated rings. The van der Waals surface area contributed by atoms with Crippen LogP contribution in [0.2, 0.25) is 5.02 Å². The lowest BCUT2D eigenvalue weighted by atomic mass is 10.1. The Bertz CT molecular complexity index is 756.